The lowest BCUT2D eigenvalue weighted by Crippen LogP contribution is -2.01. The second-order valence-electron chi connectivity index (χ2n) is 4.31. The van der Waals surface area contributed by atoms with Crippen LogP contribution in [0, 0.1) is 13.8 Å². The number of nitrogens with zero attached hydrogens (tertiary/aromatic N) is 2. The van der Waals surface area contributed by atoms with Gasteiger partial charge in [-0.05, 0) is 47.5 Å². The van der Waals surface area contributed by atoms with Crippen LogP contribution in [0.2, 0.25) is 5.15 Å². The van der Waals surface area contributed by atoms with Crippen LogP contribution >= 0.6 is 27.5 Å². The molecule has 0 saturated heterocycles. The molecular weight excluding hydrogens is 314 g/mol. The smallest absolute Gasteiger partial charge is 0.143 e. The van der Waals surface area contributed by atoms with Crippen molar-refractivity contribution in [3.63, 3.8) is 0 Å². The van der Waals surface area contributed by atoms with Gasteiger partial charge in [0.25, 0.3) is 0 Å². The Labute approximate surface area is 120 Å². The summed E-state index contributed by atoms with van der Waals surface area (Å²) < 4.78 is 2.99. The van der Waals surface area contributed by atoms with Gasteiger partial charge in [-0.15, -0.1) is 0 Å². The Bertz CT molecular complexity index is 578. The summed E-state index contributed by atoms with van der Waals surface area (Å²) in [6, 6.07) is 4.13. The highest BCUT2D eigenvalue weighted by Crippen LogP contribution is 2.23. The van der Waals surface area contributed by atoms with E-state index in [1.165, 1.54) is 17.0 Å². The minimum absolute atomic E-state index is 0.479. The van der Waals surface area contributed by atoms with Gasteiger partial charge in [0.15, 0.2) is 0 Å². The number of halogens is 2. The molecule has 1 N–H and O–H groups in total. The highest BCUT2D eigenvalue weighted by atomic mass is 79.9. The number of pyridine rings is 1. The molecule has 18 heavy (non-hydrogen) atoms. The van der Waals surface area contributed by atoms with E-state index in [2.05, 4.69) is 57.8 Å². The monoisotopic (exact) mass is 327 g/mol. The van der Waals surface area contributed by atoms with Crippen molar-refractivity contribution in [3.8, 4) is 0 Å². The first-order valence-corrected chi connectivity index (χ1v) is 6.83. The van der Waals surface area contributed by atoms with Crippen LogP contribution in [0.1, 0.15) is 17.0 Å². The van der Waals surface area contributed by atoms with Gasteiger partial charge in [0.1, 0.15) is 5.15 Å². The molecule has 0 unspecified atom stereocenters. The fraction of sp³-hybridized carbons (Fsp3) is 0.308. The van der Waals surface area contributed by atoms with Crippen LogP contribution in [0.5, 0.6) is 0 Å². The van der Waals surface area contributed by atoms with Crippen molar-refractivity contribution in [3.05, 3.63) is 44.9 Å². The summed E-state index contributed by atoms with van der Waals surface area (Å²) in [6.45, 7) is 5.01. The number of aryl methyl sites for hydroxylation is 1. The van der Waals surface area contributed by atoms with Gasteiger partial charge >= 0.3 is 0 Å². The van der Waals surface area contributed by atoms with Crippen LogP contribution in [0.4, 0.5) is 5.69 Å². The summed E-state index contributed by atoms with van der Waals surface area (Å²) in [7, 11) is 2.08. The lowest BCUT2D eigenvalue weighted by molar-refractivity contribution is 0.837. The normalized spacial score (nSPS) is 10.7. The highest BCUT2D eigenvalue weighted by molar-refractivity contribution is 9.10. The molecule has 0 radical (unpaired) electrons. The van der Waals surface area contributed by atoms with E-state index >= 15 is 0 Å². The van der Waals surface area contributed by atoms with Crippen LogP contribution in [-0.2, 0) is 13.6 Å². The Morgan fingerprint density at radius 2 is 2.11 bits per heavy atom. The van der Waals surface area contributed by atoms with Crippen molar-refractivity contribution in [2.24, 2.45) is 7.05 Å². The summed E-state index contributed by atoms with van der Waals surface area (Å²) >= 11 is 9.22. The van der Waals surface area contributed by atoms with Crippen molar-refractivity contribution in [1.29, 1.82) is 0 Å². The molecule has 0 atom stereocenters. The zero-order chi connectivity index (χ0) is 13.3. The molecule has 0 saturated carbocycles. The molecule has 0 amide bonds. The van der Waals surface area contributed by atoms with Gasteiger partial charge in [0.05, 0.1) is 16.4 Å². The van der Waals surface area contributed by atoms with Crippen LogP contribution in [0.3, 0.4) is 0 Å². The van der Waals surface area contributed by atoms with Crippen LogP contribution < -0.4 is 5.32 Å². The quantitative estimate of drug-likeness (QED) is 0.861. The molecule has 3 nitrogen and oxygen atoms in total. The van der Waals surface area contributed by atoms with Crippen LogP contribution in [0.25, 0.3) is 0 Å². The number of aromatic nitrogens is 2. The standard InChI is InChI=1S/C13H15BrClN3/c1-8-4-10(9(2)18(8)3)6-16-11-5-12(14)13(15)17-7-11/h4-5,7,16H,6H2,1-3H3. The van der Waals surface area contributed by atoms with E-state index < -0.39 is 0 Å². The minimum Gasteiger partial charge on any atom is -0.380 e. The van der Waals surface area contributed by atoms with E-state index in [0.29, 0.717) is 5.15 Å². The predicted molar refractivity (Wildman–Crippen MR) is 79.2 cm³/mol. The molecule has 2 aromatic rings. The van der Waals surface area contributed by atoms with Gasteiger partial charge in [-0.2, -0.15) is 0 Å². The Morgan fingerprint density at radius 1 is 1.39 bits per heavy atom. The number of nitrogens with one attached hydrogen (secondary N) is 1. The van der Waals surface area contributed by atoms with E-state index in [1.807, 2.05) is 6.07 Å². The molecule has 0 aliphatic carbocycles. The maximum atomic E-state index is 5.86. The van der Waals surface area contributed by atoms with E-state index in [-0.39, 0.29) is 0 Å². The maximum absolute atomic E-state index is 5.86. The zero-order valence-corrected chi connectivity index (χ0v) is 12.9. The molecule has 2 rings (SSSR count). The van der Waals surface area contributed by atoms with Crippen LogP contribution in [0.15, 0.2) is 22.8 Å². The second kappa shape index (κ2) is 5.33. The van der Waals surface area contributed by atoms with Gasteiger partial charge < -0.3 is 9.88 Å². The lowest BCUT2D eigenvalue weighted by Gasteiger charge is -2.07. The van der Waals surface area contributed by atoms with E-state index in [4.69, 9.17) is 11.6 Å². The summed E-state index contributed by atoms with van der Waals surface area (Å²) in [5.74, 6) is 0. The summed E-state index contributed by atoms with van der Waals surface area (Å²) in [5, 5.41) is 3.82. The van der Waals surface area contributed by atoms with E-state index in [9.17, 15) is 0 Å². The Morgan fingerprint density at radius 3 is 2.67 bits per heavy atom. The molecule has 0 aliphatic rings. The molecule has 96 valence electrons. The molecule has 2 heterocycles. The molecule has 5 heteroatoms. The molecule has 0 aliphatic heterocycles. The average molecular weight is 329 g/mol. The third-order valence-corrected chi connectivity index (χ3v) is 4.29. The van der Waals surface area contributed by atoms with E-state index in [1.54, 1.807) is 6.20 Å². The van der Waals surface area contributed by atoms with Gasteiger partial charge in [0, 0.05) is 25.0 Å². The first-order chi connectivity index (χ1) is 8.49. The van der Waals surface area contributed by atoms with Gasteiger partial charge in [0.2, 0.25) is 0 Å². The minimum atomic E-state index is 0.479. The summed E-state index contributed by atoms with van der Waals surface area (Å²) in [6.07, 6.45) is 1.73. The molecule has 2 aromatic heterocycles. The van der Waals surface area contributed by atoms with Crippen molar-refractivity contribution >= 4 is 33.2 Å². The number of hydrogen-bond acceptors (Lipinski definition) is 2. The number of anilines is 1. The molecule has 0 spiro atoms. The van der Waals surface area contributed by atoms with Crippen LogP contribution in [-0.4, -0.2) is 9.55 Å². The van der Waals surface area contributed by atoms with Gasteiger partial charge in [-0.1, -0.05) is 11.6 Å². The molecule has 0 fully saturated rings. The topological polar surface area (TPSA) is 29.9 Å². The van der Waals surface area contributed by atoms with E-state index in [0.717, 1.165) is 16.7 Å². The number of hydrogen-bond donors (Lipinski definition) is 1. The molecule has 0 aromatic carbocycles. The zero-order valence-electron chi connectivity index (χ0n) is 10.6. The Balaban J connectivity index is 2.11. The molecular formula is C13H15BrClN3. The second-order valence-corrected chi connectivity index (χ2v) is 5.52. The van der Waals surface area contributed by atoms with Crippen molar-refractivity contribution in [2.75, 3.05) is 5.32 Å². The average Bonchev–Trinajstić information content (AvgIpc) is 2.58. The molecule has 0 bridgehead atoms. The van der Waals surface area contributed by atoms with Crippen molar-refractivity contribution in [2.45, 2.75) is 20.4 Å². The van der Waals surface area contributed by atoms with Gasteiger partial charge in [-0.25, -0.2) is 4.98 Å². The SMILES string of the molecule is Cc1cc(CNc2cnc(Cl)c(Br)c2)c(C)n1C. The lowest BCUT2D eigenvalue weighted by atomic mass is 10.2. The first-order valence-electron chi connectivity index (χ1n) is 5.65. The largest absolute Gasteiger partial charge is 0.380 e. The highest BCUT2D eigenvalue weighted by Gasteiger charge is 2.06. The van der Waals surface area contributed by atoms with Crippen molar-refractivity contribution < 1.29 is 0 Å². The Kier molecular flexibility index (Phi) is 3.97. The summed E-state index contributed by atoms with van der Waals surface area (Å²) in [5.41, 5.74) is 4.79. The number of rotatable bonds is 3. The third kappa shape index (κ3) is 2.70. The summed E-state index contributed by atoms with van der Waals surface area (Å²) in [4.78, 5) is 4.09. The maximum Gasteiger partial charge on any atom is 0.143 e. The predicted octanol–water partition coefficient (Wildman–Crippen LogP) is 4.06. The van der Waals surface area contributed by atoms with Crippen molar-refractivity contribution in [1.82, 2.24) is 9.55 Å². The fourth-order valence-electron chi connectivity index (χ4n) is 1.83. The van der Waals surface area contributed by atoms with Gasteiger partial charge in [-0.3, -0.25) is 0 Å². The first kappa shape index (κ1) is 13.4. The Hall–Kier alpha value is -1.00. The third-order valence-electron chi connectivity index (χ3n) is 3.16. The fourth-order valence-corrected chi connectivity index (χ4v) is 2.28.